The molecule has 3 N–H and O–H groups in total. The number of amides is 2. The van der Waals surface area contributed by atoms with Crippen LogP contribution in [0.3, 0.4) is 0 Å². The molecule has 0 spiro atoms. The molecule has 5 rings (SSSR count). The number of likely N-dealkylation sites (tertiary alicyclic amines) is 1. The van der Waals surface area contributed by atoms with Gasteiger partial charge in [-0.15, -0.1) is 0 Å². The summed E-state index contributed by atoms with van der Waals surface area (Å²) in [7, 11) is 0. The number of halogens is 3. The number of nitrogens with zero attached hydrogens (tertiary/aromatic N) is 3. The molecule has 4 heterocycles. The minimum Gasteiger partial charge on any atom is -0.390 e. The molecular weight excluding hydrogens is 487 g/mol. The topological polar surface area (TPSA) is 97.8 Å². The summed E-state index contributed by atoms with van der Waals surface area (Å²) < 4.78 is 41.5. The molecule has 3 atom stereocenters. The molecule has 11 heteroatoms. The molecule has 0 radical (unpaired) electrons. The maximum Gasteiger partial charge on any atom is 0.283 e. The maximum absolute atomic E-state index is 14.5. The normalized spacial score (nSPS) is 23.9. The van der Waals surface area contributed by atoms with Gasteiger partial charge in [-0.25, -0.2) is 8.78 Å². The zero-order valence-corrected chi connectivity index (χ0v) is 20.5. The van der Waals surface area contributed by atoms with Gasteiger partial charge in [0.05, 0.1) is 54.1 Å². The lowest BCUT2D eigenvalue weighted by atomic mass is 9.82. The Labute approximate surface area is 212 Å². The standard InChI is InChI=1S/C26H30F3N5O3/c1-15-11-16-3-5-18-22(25(37)32-24(18)36)21(16)23(34(15)13-26(28,29)14-35)19-6-4-17(12-30-19)31-20-7-10-33(20)9-2-8-27/h3-6,12,15,20,23,31,35H,2,7-11,13-14H2,1H3,(H,32,36,37)/t15-,20?,23-/m1/s1. The van der Waals surface area contributed by atoms with Crippen LogP contribution in [0.25, 0.3) is 0 Å². The molecule has 0 aliphatic carbocycles. The number of alkyl halides is 3. The van der Waals surface area contributed by atoms with Crippen molar-refractivity contribution in [2.45, 2.75) is 50.4 Å². The molecule has 2 amide bonds. The number of aliphatic hydroxyl groups excluding tert-OH is 1. The van der Waals surface area contributed by atoms with Crippen LogP contribution in [-0.4, -0.2) is 82.8 Å². The summed E-state index contributed by atoms with van der Waals surface area (Å²) in [6, 6.07) is 5.76. The largest absolute Gasteiger partial charge is 0.390 e. The molecule has 3 aliphatic rings. The first-order chi connectivity index (χ1) is 17.7. The number of imide groups is 1. The summed E-state index contributed by atoms with van der Waals surface area (Å²) in [4.78, 5) is 33.4. The highest BCUT2D eigenvalue weighted by molar-refractivity contribution is 6.22. The summed E-state index contributed by atoms with van der Waals surface area (Å²) in [5.74, 6) is -4.44. The van der Waals surface area contributed by atoms with Gasteiger partial charge in [0.1, 0.15) is 6.61 Å². The van der Waals surface area contributed by atoms with Crippen molar-refractivity contribution >= 4 is 17.5 Å². The lowest BCUT2D eigenvalue weighted by Gasteiger charge is -2.43. The number of carbonyl (C=O) groups is 2. The predicted molar refractivity (Wildman–Crippen MR) is 130 cm³/mol. The van der Waals surface area contributed by atoms with Gasteiger partial charge in [0.25, 0.3) is 17.7 Å². The van der Waals surface area contributed by atoms with Crippen molar-refractivity contribution in [1.29, 1.82) is 0 Å². The van der Waals surface area contributed by atoms with Gasteiger partial charge in [0, 0.05) is 19.1 Å². The Balaban J connectivity index is 1.51. The highest BCUT2D eigenvalue weighted by Crippen LogP contribution is 2.42. The van der Waals surface area contributed by atoms with Crippen molar-refractivity contribution in [3.63, 3.8) is 0 Å². The van der Waals surface area contributed by atoms with E-state index in [0.717, 1.165) is 24.2 Å². The van der Waals surface area contributed by atoms with Gasteiger partial charge in [0.15, 0.2) is 0 Å². The number of aromatic nitrogens is 1. The minimum absolute atomic E-state index is 0.0763. The van der Waals surface area contributed by atoms with Crippen LogP contribution in [0.2, 0.25) is 0 Å². The number of pyridine rings is 1. The smallest absolute Gasteiger partial charge is 0.283 e. The summed E-state index contributed by atoms with van der Waals surface area (Å²) in [5.41, 5.74) is 2.90. The first kappa shape index (κ1) is 25.6. The average Bonchev–Trinajstić information content (AvgIpc) is 3.16. The molecule has 1 aromatic carbocycles. The van der Waals surface area contributed by atoms with Crippen molar-refractivity contribution in [1.82, 2.24) is 20.1 Å². The van der Waals surface area contributed by atoms with E-state index in [2.05, 4.69) is 20.5 Å². The molecule has 0 bridgehead atoms. The number of anilines is 1. The van der Waals surface area contributed by atoms with Crippen molar-refractivity contribution < 1.29 is 27.9 Å². The number of carbonyl (C=O) groups excluding carboxylic acids is 2. The molecular formula is C26H30F3N5O3. The van der Waals surface area contributed by atoms with Gasteiger partial charge < -0.3 is 10.4 Å². The van der Waals surface area contributed by atoms with Crippen molar-refractivity contribution in [3.8, 4) is 0 Å². The van der Waals surface area contributed by atoms with Crippen LogP contribution in [-0.2, 0) is 6.42 Å². The van der Waals surface area contributed by atoms with E-state index in [0.29, 0.717) is 30.6 Å². The third-order valence-electron chi connectivity index (χ3n) is 7.48. The van der Waals surface area contributed by atoms with Crippen molar-refractivity contribution in [3.05, 3.63) is 58.4 Å². The van der Waals surface area contributed by atoms with E-state index < -0.39 is 36.9 Å². The number of nitrogens with one attached hydrogen (secondary N) is 2. The summed E-state index contributed by atoms with van der Waals surface area (Å²) in [6.45, 7) is 0.968. The number of fused-ring (bicyclic) bond motifs is 3. The maximum atomic E-state index is 14.5. The molecule has 0 saturated carbocycles. The van der Waals surface area contributed by atoms with Gasteiger partial charge in [-0.1, -0.05) is 6.07 Å². The number of hydrogen-bond donors (Lipinski definition) is 3. The quantitative estimate of drug-likeness (QED) is 0.440. The van der Waals surface area contributed by atoms with Crippen LogP contribution in [0.5, 0.6) is 0 Å². The molecule has 8 nitrogen and oxygen atoms in total. The van der Waals surface area contributed by atoms with Gasteiger partial charge >= 0.3 is 0 Å². The van der Waals surface area contributed by atoms with Crippen molar-refractivity contribution in [2.24, 2.45) is 0 Å². The SMILES string of the molecule is C[C@@H]1Cc2ccc3c(c2[C@@H](c2ccc(NC4CCN4CCCF)cn2)N1CC(F)(F)CO)C(=O)NC3=O. The van der Waals surface area contributed by atoms with E-state index in [9.17, 15) is 27.9 Å². The Bertz CT molecular complexity index is 1190. The van der Waals surface area contributed by atoms with Gasteiger partial charge in [0.2, 0.25) is 0 Å². The molecule has 1 saturated heterocycles. The Hall–Kier alpha value is -3.02. The number of hydrogen-bond acceptors (Lipinski definition) is 7. The Morgan fingerprint density at radius 1 is 1.22 bits per heavy atom. The van der Waals surface area contributed by atoms with Gasteiger partial charge in [-0.05, 0) is 55.5 Å². The lowest BCUT2D eigenvalue weighted by Crippen LogP contribution is -2.52. The van der Waals surface area contributed by atoms with E-state index >= 15 is 0 Å². The second kappa shape index (κ2) is 10.0. The summed E-state index contributed by atoms with van der Waals surface area (Å²) in [6.07, 6.45) is 3.49. The minimum atomic E-state index is -3.37. The van der Waals surface area contributed by atoms with Crippen LogP contribution in [0.1, 0.15) is 63.3 Å². The van der Waals surface area contributed by atoms with Crippen LogP contribution in [0, 0.1) is 0 Å². The van der Waals surface area contributed by atoms with Crippen LogP contribution < -0.4 is 10.6 Å². The number of aliphatic hydroxyl groups is 1. The molecule has 1 unspecified atom stereocenters. The van der Waals surface area contributed by atoms with Crippen LogP contribution in [0.4, 0.5) is 18.9 Å². The fourth-order valence-electron chi connectivity index (χ4n) is 5.54. The molecule has 3 aliphatic heterocycles. The second-order valence-electron chi connectivity index (χ2n) is 9.99. The molecule has 37 heavy (non-hydrogen) atoms. The van der Waals surface area contributed by atoms with Gasteiger partial charge in [-0.2, -0.15) is 0 Å². The third-order valence-corrected chi connectivity index (χ3v) is 7.48. The van der Waals surface area contributed by atoms with E-state index in [1.54, 1.807) is 29.3 Å². The van der Waals surface area contributed by atoms with Crippen LogP contribution >= 0.6 is 0 Å². The third kappa shape index (κ3) is 4.83. The zero-order chi connectivity index (χ0) is 26.3. The summed E-state index contributed by atoms with van der Waals surface area (Å²) >= 11 is 0. The first-order valence-electron chi connectivity index (χ1n) is 12.5. The second-order valence-corrected chi connectivity index (χ2v) is 9.99. The average molecular weight is 518 g/mol. The zero-order valence-electron chi connectivity index (χ0n) is 20.5. The van der Waals surface area contributed by atoms with E-state index in [-0.39, 0.29) is 30.0 Å². The Morgan fingerprint density at radius 3 is 2.68 bits per heavy atom. The number of rotatable bonds is 9. The lowest BCUT2D eigenvalue weighted by molar-refractivity contribution is -0.0865. The highest BCUT2D eigenvalue weighted by atomic mass is 19.3. The van der Waals surface area contributed by atoms with E-state index in [1.165, 1.54) is 0 Å². The monoisotopic (exact) mass is 517 g/mol. The molecule has 1 fully saturated rings. The Kier molecular flexibility index (Phi) is 6.95. The summed E-state index contributed by atoms with van der Waals surface area (Å²) in [5, 5.41) is 15.0. The fourth-order valence-corrected chi connectivity index (χ4v) is 5.54. The predicted octanol–water partition coefficient (Wildman–Crippen LogP) is 2.73. The first-order valence-corrected chi connectivity index (χ1v) is 12.5. The van der Waals surface area contributed by atoms with E-state index in [4.69, 9.17) is 0 Å². The van der Waals surface area contributed by atoms with Crippen LogP contribution in [0.15, 0.2) is 30.5 Å². The van der Waals surface area contributed by atoms with Gasteiger partial charge in [-0.3, -0.25) is 34.1 Å². The Morgan fingerprint density at radius 2 is 2.03 bits per heavy atom. The molecule has 198 valence electrons. The van der Waals surface area contributed by atoms with Crippen molar-refractivity contribution in [2.75, 3.05) is 38.2 Å². The molecule has 1 aromatic heterocycles. The number of benzene rings is 1. The highest BCUT2D eigenvalue weighted by Gasteiger charge is 2.44. The molecule has 2 aromatic rings. The van der Waals surface area contributed by atoms with E-state index in [1.807, 2.05) is 13.0 Å². The fraction of sp³-hybridized carbons (Fsp3) is 0.500.